The largest absolute Gasteiger partial charge is 0.472 e. The number of hydrogen-bond donors (Lipinski definition) is 1. The number of epoxide rings is 1. The van der Waals surface area contributed by atoms with Crippen molar-refractivity contribution in [2.24, 2.45) is 0 Å². The number of phosphoric ester groups is 1. The molecular weight excluding hydrogens is 279 g/mol. The highest BCUT2D eigenvalue weighted by molar-refractivity contribution is 7.47. The first-order valence-corrected chi connectivity index (χ1v) is 9.16. The highest BCUT2D eigenvalue weighted by Crippen LogP contribution is 2.43. The van der Waals surface area contributed by atoms with Gasteiger partial charge in [0, 0.05) is 0 Å². The van der Waals surface area contributed by atoms with Gasteiger partial charge in [0.05, 0.1) is 25.9 Å². The molecule has 1 saturated heterocycles. The van der Waals surface area contributed by atoms with E-state index in [1.54, 1.807) is 0 Å². The lowest BCUT2D eigenvalue weighted by molar-refractivity contribution is 0.146. The maximum atomic E-state index is 11.1. The second-order valence-electron chi connectivity index (χ2n) is 4.69. The second-order valence-corrected chi connectivity index (χ2v) is 6.15. The summed E-state index contributed by atoms with van der Waals surface area (Å²) >= 11 is 0. The van der Waals surface area contributed by atoms with Crippen LogP contribution in [0.5, 0.6) is 0 Å². The topological polar surface area (TPSA) is 68.3 Å². The molecular formula is C14H33O5P. The third kappa shape index (κ3) is 23.2. The molecule has 0 aromatic carbocycles. The Kier molecular flexibility index (Phi) is 17.3. The first-order chi connectivity index (χ1) is 9.43. The fourth-order valence-electron chi connectivity index (χ4n) is 0.782. The van der Waals surface area contributed by atoms with Crippen LogP contribution < -0.4 is 0 Å². The molecule has 0 amide bonds. The average molecular weight is 312 g/mol. The van der Waals surface area contributed by atoms with Crippen molar-refractivity contribution in [2.75, 3.05) is 19.8 Å². The summed E-state index contributed by atoms with van der Waals surface area (Å²) in [7, 11) is -3.75. The quantitative estimate of drug-likeness (QED) is 0.405. The molecule has 0 saturated carbocycles. The van der Waals surface area contributed by atoms with Crippen LogP contribution in [0, 0.1) is 0 Å². The Bertz CT molecular complexity index is 218. The maximum absolute atomic E-state index is 11.1. The lowest BCUT2D eigenvalue weighted by atomic mass is 10.4. The average Bonchev–Trinajstić information content (AvgIpc) is 3.14. The summed E-state index contributed by atoms with van der Waals surface area (Å²) in [6.07, 6.45) is 5.27. The van der Waals surface area contributed by atoms with Crippen LogP contribution in [0.15, 0.2) is 0 Å². The summed E-state index contributed by atoms with van der Waals surface area (Å²) in [5, 5.41) is 0. The van der Waals surface area contributed by atoms with Gasteiger partial charge in [-0.25, -0.2) is 4.57 Å². The molecule has 1 heterocycles. The number of ether oxygens (including phenoxy) is 1. The number of rotatable bonds is 8. The second kappa shape index (κ2) is 15.5. The van der Waals surface area contributed by atoms with Crippen LogP contribution in [0.4, 0.5) is 0 Å². The van der Waals surface area contributed by atoms with Gasteiger partial charge < -0.3 is 9.63 Å². The van der Waals surface area contributed by atoms with E-state index in [2.05, 4.69) is 20.8 Å². The minimum atomic E-state index is -3.75. The molecule has 1 N–H and O–H groups in total. The predicted octanol–water partition coefficient (Wildman–Crippen LogP) is 4.54. The zero-order chi connectivity index (χ0) is 15.9. The van der Waals surface area contributed by atoms with Crippen molar-refractivity contribution in [3.8, 4) is 0 Å². The summed E-state index contributed by atoms with van der Waals surface area (Å²) in [5.41, 5.74) is 0. The zero-order valence-electron chi connectivity index (χ0n) is 13.8. The van der Waals surface area contributed by atoms with Gasteiger partial charge in [-0.1, -0.05) is 47.0 Å². The maximum Gasteiger partial charge on any atom is 0.472 e. The zero-order valence-corrected chi connectivity index (χ0v) is 14.7. The van der Waals surface area contributed by atoms with Crippen molar-refractivity contribution in [3.05, 3.63) is 0 Å². The van der Waals surface area contributed by atoms with Gasteiger partial charge in [0.15, 0.2) is 0 Å². The van der Waals surface area contributed by atoms with Crippen molar-refractivity contribution >= 4 is 7.82 Å². The van der Waals surface area contributed by atoms with Gasteiger partial charge in [-0.15, -0.1) is 0 Å². The number of unbranched alkanes of at least 4 members (excludes halogenated alkanes) is 2. The van der Waals surface area contributed by atoms with E-state index in [1.165, 1.54) is 6.42 Å². The Morgan fingerprint density at radius 3 is 1.60 bits per heavy atom. The van der Waals surface area contributed by atoms with Crippen LogP contribution in [0.2, 0.25) is 0 Å². The van der Waals surface area contributed by atoms with E-state index in [1.807, 2.05) is 13.8 Å². The van der Waals surface area contributed by atoms with Crippen molar-refractivity contribution in [2.45, 2.75) is 72.8 Å². The van der Waals surface area contributed by atoms with Crippen molar-refractivity contribution < 1.29 is 23.2 Å². The number of phosphoric acid groups is 1. The van der Waals surface area contributed by atoms with Gasteiger partial charge in [0.1, 0.15) is 0 Å². The lowest BCUT2D eigenvalue weighted by Gasteiger charge is -2.10. The van der Waals surface area contributed by atoms with E-state index >= 15 is 0 Å². The molecule has 5 nitrogen and oxygen atoms in total. The SMILES string of the molecule is CC1CO1.CCC.CCCCOP(=O)(O)OCCCC. The van der Waals surface area contributed by atoms with E-state index < -0.39 is 7.82 Å². The molecule has 0 bridgehead atoms. The third-order valence-corrected chi connectivity index (χ3v) is 3.02. The van der Waals surface area contributed by atoms with Crippen LogP contribution in [0.25, 0.3) is 0 Å². The van der Waals surface area contributed by atoms with Crippen LogP contribution >= 0.6 is 7.82 Å². The van der Waals surface area contributed by atoms with Crippen molar-refractivity contribution in [1.82, 2.24) is 0 Å². The van der Waals surface area contributed by atoms with Gasteiger partial charge in [-0.2, -0.15) is 0 Å². The fraction of sp³-hybridized carbons (Fsp3) is 1.00. The summed E-state index contributed by atoms with van der Waals surface area (Å²) in [6.45, 7) is 11.8. The first kappa shape index (κ1) is 22.4. The molecule has 0 aliphatic carbocycles. The highest BCUT2D eigenvalue weighted by atomic mass is 31.2. The molecule has 124 valence electrons. The van der Waals surface area contributed by atoms with Crippen molar-refractivity contribution in [3.63, 3.8) is 0 Å². The molecule has 1 rings (SSSR count). The molecule has 1 aliphatic heterocycles. The van der Waals surface area contributed by atoms with E-state index in [4.69, 9.17) is 18.7 Å². The summed E-state index contributed by atoms with van der Waals surface area (Å²) in [6, 6.07) is 0. The van der Waals surface area contributed by atoms with Gasteiger partial charge in [-0.05, 0) is 19.8 Å². The van der Waals surface area contributed by atoms with Crippen LogP contribution in [0.3, 0.4) is 0 Å². The van der Waals surface area contributed by atoms with Gasteiger partial charge in [0.2, 0.25) is 0 Å². The molecule has 0 spiro atoms. The molecule has 1 aliphatic rings. The van der Waals surface area contributed by atoms with Gasteiger partial charge in [-0.3, -0.25) is 9.05 Å². The fourth-order valence-corrected chi connectivity index (χ4v) is 1.58. The Balaban J connectivity index is 0. The van der Waals surface area contributed by atoms with Gasteiger partial charge >= 0.3 is 7.82 Å². The molecule has 1 fully saturated rings. The standard InChI is InChI=1S/C8H19O4P.C3H6O.C3H8/c1-3-5-7-11-13(9,10)12-8-6-4-2;1-3-2-4-3;1-3-2/h3-8H2,1-2H3,(H,9,10);3H,2H2,1H3;3H2,1-2H3. The minimum absolute atomic E-state index is 0.288. The molecule has 0 aromatic rings. The molecule has 0 aromatic heterocycles. The predicted molar refractivity (Wildman–Crippen MR) is 82.9 cm³/mol. The van der Waals surface area contributed by atoms with Crippen LogP contribution in [0.1, 0.15) is 66.7 Å². The normalized spacial score (nSPS) is 16.6. The Morgan fingerprint density at radius 2 is 1.40 bits per heavy atom. The van der Waals surface area contributed by atoms with Crippen molar-refractivity contribution in [1.29, 1.82) is 0 Å². The molecule has 0 radical (unpaired) electrons. The Labute approximate surface area is 124 Å². The van der Waals surface area contributed by atoms with E-state index in [0.717, 1.165) is 32.3 Å². The van der Waals surface area contributed by atoms with E-state index in [-0.39, 0.29) is 13.2 Å². The summed E-state index contributed by atoms with van der Waals surface area (Å²) in [5.74, 6) is 0. The first-order valence-electron chi connectivity index (χ1n) is 7.66. The summed E-state index contributed by atoms with van der Waals surface area (Å²) < 4.78 is 25.2. The molecule has 1 unspecified atom stereocenters. The molecule has 20 heavy (non-hydrogen) atoms. The minimum Gasteiger partial charge on any atom is -0.373 e. The van der Waals surface area contributed by atoms with E-state index in [0.29, 0.717) is 6.10 Å². The Hall–Kier alpha value is 0.0700. The highest BCUT2D eigenvalue weighted by Gasteiger charge is 2.19. The Morgan fingerprint density at radius 1 is 1.10 bits per heavy atom. The number of hydrogen-bond acceptors (Lipinski definition) is 4. The molecule has 1 atom stereocenters. The lowest BCUT2D eigenvalue weighted by Crippen LogP contribution is -1.98. The smallest absolute Gasteiger partial charge is 0.373 e. The van der Waals surface area contributed by atoms with Crippen LogP contribution in [-0.4, -0.2) is 30.8 Å². The van der Waals surface area contributed by atoms with Gasteiger partial charge in [0.25, 0.3) is 0 Å². The monoisotopic (exact) mass is 312 g/mol. The van der Waals surface area contributed by atoms with E-state index in [9.17, 15) is 4.57 Å². The summed E-state index contributed by atoms with van der Waals surface area (Å²) in [4.78, 5) is 9.08. The third-order valence-electron chi connectivity index (χ3n) is 2.00. The van der Waals surface area contributed by atoms with Crippen LogP contribution in [-0.2, 0) is 18.3 Å². The molecule has 6 heteroatoms.